The van der Waals surface area contributed by atoms with Crippen LogP contribution in [0.2, 0.25) is 0 Å². The molecule has 4 rings (SSSR count). The van der Waals surface area contributed by atoms with E-state index in [4.69, 9.17) is 9.47 Å². The van der Waals surface area contributed by atoms with Crippen LogP contribution < -0.4 is 4.90 Å². The fourth-order valence-corrected chi connectivity index (χ4v) is 3.28. The molecule has 0 saturated carbocycles. The number of hydrogen-bond acceptors (Lipinski definition) is 4. The van der Waals surface area contributed by atoms with E-state index in [1.807, 2.05) is 16.9 Å². The van der Waals surface area contributed by atoms with E-state index in [0.717, 1.165) is 32.5 Å². The van der Waals surface area contributed by atoms with E-state index in [2.05, 4.69) is 40.5 Å². The second-order valence-electron chi connectivity index (χ2n) is 6.12. The van der Waals surface area contributed by atoms with Crippen molar-refractivity contribution in [2.24, 2.45) is 5.92 Å². The van der Waals surface area contributed by atoms with Crippen LogP contribution >= 0.6 is 0 Å². The van der Waals surface area contributed by atoms with Gasteiger partial charge in [-0.05, 0) is 18.4 Å². The number of anilines is 1. The Morgan fingerprint density at radius 1 is 1.04 bits per heavy atom. The molecule has 0 atom stereocenters. The highest BCUT2D eigenvalue weighted by Crippen LogP contribution is 2.28. The number of hydrogen-bond donors (Lipinski definition) is 0. The Balaban J connectivity index is 1.34. The minimum absolute atomic E-state index is 0.0852. The smallest absolute Gasteiger partial charge is 0.242 e. The third-order valence-electron chi connectivity index (χ3n) is 4.58. The molecule has 0 N–H and O–H groups in total. The van der Waals surface area contributed by atoms with Gasteiger partial charge in [0.05, 0.1) is 18.4 Å². The van der Waals surface area contributed by atoms with Crippen LogP contribution in [0.4, 0.5) is 5.69 Å². The first-order valence-corrected chi connectivity index (χ1v) is 8.16. The maximum Gasteiger partial charge on any atom is 0.242 e. The van der Waals surface area contributed by atoms with Crippen molar-refractivity contribution in [1.82, 2.24) is 9.78 Å². The third-order valence-corrected chi connectivity index (χ3v) is 4.58. The Morgan fingerprint density at radius 2 is 1.78 bits per heavy atom. The zero-order chi connectivity index (χ0) is 15.5. The molecule has 2 aliphatic heterocycles. The van der Waals surface area contributed by atoms with E-state index in [-0.39, 0.29) is 6.29 Å². The van der Waals surface area contributed by atoms with E-state index in [1.54, 1.807) is 12.5 Å². The maximum absolute atomic E-state index is 5.47. The van der Waals surface area contributed by atoms with Gasteiger partial charge in [-0.25, -0.2) is 0 Å². The minimum atomic E-state index is -0.0852. The number of piperidine rings is 1. The first-order chi connectivity index (χ1) is 11.4. The zero-order valence-corrected chi connectivity index (χ0v) is 13.0. The summed E-state index contributed by atoms with van der Waals surface area (Å²) in [4.78, 5) is 2.40. The third kappa shape index (κ3) is 3.18. The second-order valence-corrected chi connectivity index (χ2v) is 6.12. The summed E-state index contributed by atoms with van der Waals surface area (Å²) in [5, 5.41) is 4.50. The molecule has 0 radical (unpaired) electrons. The Kier molecular flexibility index (Phi) is 3.92. The van der Waals surface area contributed by atoms with E-state index < -0.39 is 0 Å². The van der Waals surface area contributed by atoms with Crippen LogP contribution in [0.25, 0.3) is 0 Å². The standard InChI is InChI=1S/C18H21N3O2/c1-2-4-15(5-3-1)13-21-14-17(12-19-21)20-8-6-16(7-9-20)18-22-10-11-23-18/h1-5,10-12,14,16,18H,6-9,13H2. The van der Waals surface area contributed by atoms with Crippen molar-refractivity contribution >= 4 is 5.69 Å². The molecule has 23 heavy (non-hydrogen) atoms. The van der Waals surface area contributed by atoms with Gasteiger partial charge < -0.3 is 14.4 Å². The quantitative estimate of drug-likeness (QED) is 0.870. The molecule has 3 heterocycles. The van der Waals surface area contributed by atoms with Crippen molar-refractivity contribution < 1.29 is 9.47 Å². The average Bonchev–Trinajstić information content (AvgIpc) is 3.28. The highest BCUT2D eigenvalue weighted by Gasteiger charge is 2.30. The molecule has 1 saturated heterocycles. The Bertz CT molecular complexity index is 652. The van der Waals surface area contributed by atoms with Crippen LogP contribution in [0.5, 0.6) is 0 Å². The summed E-state index contributed by atoms with van der Waals surface area (Å²) in [5.74, 6) is 0.473. The van der Waals surface area contributed by atoms with E-state index in [1.165, 1.54) is 11.3 Å². The molecule has 5 heteroatoms. The fraction of sp³-hybridized carbons (Fsp3) is 0.389. The van der Waals surface area contributed by atoms with Gasteiger partial charge in [0.15, 0.2) is 0 Å². The largest absolute Gasteiger partial charge is 0.459 e. The Labute approximate surface area is 136 Å². The molecule has 5 nitrogen and oxygen atoms in total. The number of benzene rings is 1. The van der Waals surface area contributed by atoms with Crippen molar-refractivity contribution in [3.63, 3.8) is 0 Å². The molecule has 0 amide bonds. The molecule has 0 spiro atoms. The summed E-state index contributed by atoms with van der Waals surface area (Å²) in [6, 6.07) is 10.4. The lowest BCUT2D eigenvalue weighted by molar-refractivity contribution is -0.0728. The van der Waals surface area contributed by atoms with Gasteiger partial charge in [0, 0.05) is 25.2 Å². The van der Waals surface area contributed by atoms with Crippen LogP contribution in [-0.2, 0) is 16.0 Å². The molecule has 1 fully saturated rings. The first-order valence-electron chi connectivity index (χ1n) is 8.16. The highest BCUT2D eigenvalue weighted by atomic mass is 16.7. The molecule has 0 bridgehead atoms. The van der Waals surface area contributed by atoms with Crippen LogP contribution in [0, 0.1) is 5.92 Å². The first kappa shape index (κ1) is 14.2. The molecular formula is C18H21N3O2. The SMILES string of the molecule is C1=COC(C2CCN(c3cnn(Cc4ccccc4)c3)CC2)O1. The van der Waals surface area contributed by atoms with Gasteiger partial charge in [0.1, 0.15) is 12.5 Å². The summed E-state index contributed by atoms with van der Waals surface area (Å²) in [6.07, 6.45) is 9.46. The van der Waals surface area contributed by atoms with E-state index in [0.29, 0.717) is 5.92 Å². The average molecular weight is 311 g/mol. The van der Waals surface area contributed by atoms with Crippen LogP contribution in [0.1, 0.15) is 18.4 Å². The molecule has 0 aliphatic carbocycles. The summed E-state index contributed by atoms with van der Waals surface area (Å²) in [7, 11) is 0. The predicted molar refractivity (Wildman–Crippen MR) is 87.8 cm³/mol. The minimum Gasteiger partial charge on any atom is -0.459 e. The molecule has 0 unspecified atom stereocenters. The van der Waals surface area contributed by atoms with Crippen molar-refractivity contribution in [3.8, 4) is 0 Å². The van der Waals surface area contributed by atoms with Gasteiger partial charge in [-0.3, -0.25) is 4.68 Å². The van der Waals surface area contributed by atoms with Crippen molar-refractivity contribution in [2.45, 2.75) is 25.7 Å². The van der Waals surface area contributed by atoms with Crippen molar-refractivity contribution in [1.29, 1.82) is 0 Å². The summed E-state index contributed by atoms with van der Waals surface area (Å²) >= 11 is 0. The molecule has 2 aromatic rings. The number of nitrogens with zero attached hydrogens (tertiary/aromatic N) is 3. The van der Waals surface area contributed by atoms with E-state index >= 15 is 0 Å². The van der Waals surface area contributed by atoms with Crippen molar-refractivity contribution in [3.05, 3.63) is 60.8 Å². The molecular weight excluding hydrogens is 290 g/mol. The Morgan fingerprint density at radius 3 is 2.52 bits per heavy atom. The number of ether oxygens (including phenoxy) is 2. The van der Waals surface area contributed by atoms with Gasteiger partial charge in [-0.1, -0.05) is 30.3 Å². The van der Waals surface area contributed by atoms with E-state index in [9.17, 15) is 0 Å². The van der Waals surface area contributed by atoms with Gasteiger partial charge in [0.25, 0.3) is 0 Å². The van der Waals surface area contributed by atoms with Gasteiger partial charge >= 0.3 is 0 Å². The second kappa shape index (κ2) is 6.36. The van der Waals surface area contributed by atoms with Crippen molar-refractivity contribution in [2.75, 3.05) is 18.0 Å². The highest BCUT2D eigenvalue weighted by molar-refractivity contribution is 5.42. The molecule has 120 valence electrons. The number of rotatable bonds is 4. The van der Waals surface area contributed by atoms with Crippen LogP contribution in [0.15, 0.2) is 55.2 Å². The molecule has 1 aromatic heterocycles. The van der Waals surface area contributed by atoms with Gasteiger partial charge in [-0.15, -0.1) is 0 Å². The topological polar surface area (TPSA) is 39.5 Å². The fourth-order valence-electron chi connectivity index (χ4n) is 3.28. The normalized spacial score (nSPS) is 18.9. The van der Waals surface area contributed by atoms with Gasteiger partial charge in [0.2, 0.25) is 6.29 Å². The number of aromatic nitrogens is 2. The van der Waals surface area contributed by atoms with Crippen LogP contribution in [-0.4, -0.2) is 29.2 Å². The Hall–Kier alpha value is -2.43. The summed E-state index contributed by atoms with van der Waals surface area (Å²) in [5.41, 5.74) is 2.47. The maximum atomic E-state index is 5.47. The molecule has 2 aliphatic rings. The zero-order valence-electron chi connectivity index (χ0n) is 13.0. The lowest BCUT2D eigenvalue weighted by Gasteiger charge is -2.34. The summed E-state index contributed by atoms with van der Waals surface area (Å²) < 4.78 is 12.9. The summed E-state index contributed by atoms with van der Waals surface area (Å²) in [6.45, 7) is 2.85. The lowest BCUT2D eigenvalue weighted by Crippen LogP contribution is -2.38. The van der Waals surface area contributed by atoms with Gasteiger partial charge in [-0.2, -0.15) is 5.10 Å². The molecule has 1 aromatic carbocycles. The monoisotopic (exact) mass is 311 g/mol. The van der Waals surface area contributed by atoms with Crippen LogP contribution in [0.3, 0.4) is 0 Å². The lowest BCUT2D eigenvalue weighted by atomic mass is 9.96. The predicted octanol–water partition coefficient (Wildman–Crippen LogP) is 2.99.